The van der Waals surface area contributed by atoms with Gasteiger partial charge in [-0.1, -0.05) is 84.1 Å². The summed E-state index contributed by atoms with van der Waals surface area (Å²) < 4.78 is 2.15. The molecule has 0 unspecified atom stereocenters. The van der Waals surface area contributed by atoms with Gasteiger partial charge in [0.05, 0.1) is 29.5 Å². The third-order valence-corrected chi connectivity index (χ3v) is 5.56. The lowest BCUT2D eigenvalue weighted by Crippen LogP contribution is -2.20. The molecular formula is C24H22N4OS. The fourth-order valence-electron chi connectivity index (χ4n) is 3.17. The van der Waals surface area contributed by atoms with Crippen molar-refractivity contribution in [3.05, 3.63) is 95.6 Å². The van der Waals surface area contributed by atoms with Crippen molar-refractivity contribution in [1.29, 1.82) is 0 Å². The summed E-state index contributed by atoms with van der Waals surface area (Å²) in [6, 6.07) is 26.2. The predicted octanol–water partition coefficient (Wildman–Crippen LogP) is 4.64. The highest BCUT2D eigenvalue weighted by atomic mass is 32.2. The lowest BCUT2D eigenvalue weighted by atomic mass is 10.2. The van der Waals surface area contributed by atoms with Gasteiger partial charge >= 0.3 is 0 Å². The molecule has 1 N–H and O–H groups in total. The zero-order valence-electron chi connectivity index (χ0n) is 16.7. The van der Waals surface area contributed by atoms with Crippen LogP contribution in [0.5, 0.6) is 0 Å². The normalized spacial score (nSPS) is 11.2. The number of nitrogens with one attached hydrogen (secondary N) is 1. The van der Waals surface area contributed by atoms with E-state index in [9.17, 15) is 4.79 Å². The number of carbonyl (C=O) groups excluding carboxylic acids is 1. The first-order valence-corrected chi connectivity index (χ1v) is 10.7. The van der Waals surface area contributed by atoms with E-state index >= 15 is 0 Å². The van der Waals surface area contributed by atoms with E-state index in [-0.39, 0.29) is 11.7 Å². The van der Waals surface area contributed by atoms with Crippen LogP contribution in [0.4, 0.5) is 0 Å². The molecule has 0 saturated carbocycles. The fourth-order valence-corrected chi connectivity index (χ4v) is 3.98. The molecule has 0 saturated heterocycles. The maximum absolute atomic E-state index is 12.3. The van der Waals surface area contributed by atoms with Crippen LogP contribution in [-0.4, -0.2) is 27.4 Å². The Labute approximate surface area is 179 Å². The van der Waals surface area contributed by atoms with Crippen LogP contribution in [0.1, 0.15) is 16.7 Å². The SMILES string of the molecule is Cc1cccc(/C=N/NC(=O)CSc2nc3ccccc3n2Cc2ccccc2)c1. The van der Waals surface area contributed by atoms with Crippen LogP contribution in [0.3, 0.4) is 0 Å². The van der Waals surface area contributed by atoms with Gasteiger partial charge in [0.15, 0.2) is 5.16 Å². The molecule has 0 aliphatic heterocycles. The van der Waals surface area contributed by atoms with Crippen molar-refractivity contribution in [2.45, 2.75) is 18.6 Å². The Bertz CT molecular complexity index is 1180. The second-order valence-electron chi connectivity index (χ2n) is 6.95. The van der Waals surface area contributed by atoms with Gasteiger partial charge in [-0.25, -0.2) is 10.4 Å². The molecule has 0 radical (unpaired) electrons. The Kier molecular flexibility index (Phi) is 6.25. The van der Waals surface area contributed by atoms with Gasteiger partial charge in [0.25, 0.3) is 5.91 Å². The largest absolute Gasteiger partial charge is 0.314 e. The molecule has 0 aliphatic carbocycles. The minimum Gasteiger partial charge on any atom is -0.314 e. The Hall–Kier alpha value is -3.38. The summed E-state index contributed by atoms with van der Waals surface area (Å²) in [5, 5.41) is 4.88. The van der Waals surface area contributed by atoms with E-state index in [1.807, 2.05) is 67.6 Å². The average molecular weight is 415 g/mol. The highest BCUT2D eigenvalue weighted by Crippen LogP contribution is 2.25. The van der Waals surface area contributed by atoms with E-state index in [2.05, 4.69) is 33.3 Å². The molecule has 0 atom stereocenters. The number of nitrogens with zero attached hydrogens (tertiary/aromatic N) is 3. The Balaban J connectivity index is 1.44. The summed E-state index contributed by atoms with van der Waals surface area (Å²) in [5.41, 5.74) is 7.87. The highest BCUT2D eigenvalue weighted by molar-refractivity contribution is 7.99. The molecule has 1 heterocycles. The minimum absolute atomic E-state index is 0.165. The van der Waals surface area contributed by atoms with Gasteiger partial charge in [-0.05, 0) is 30.2 Å². The number of amides is 1. The minimum atomic E-state index is -0.165. The van der Waals surface area contributed by atoms with Crippen molar-refractivity contribution in [2.75, 3.05) is 5.75 Å². The predicted molar refractivity (Wildman–Crippen MR) is 123 cm³/mol. The van der Waals surface area contributed by atoms with Crippen LogP contribution in [0.2, 0.25) is 0 Å². The summed E-state index contributed by atoms with van der Waals surface area (Å²) in [4.78, 5) is 17.0. The van der Waals surface area contributed by atoms with Gasteiger partial charge in [-0.15, -0.1) is 0 Å². The van der Waals surface area contributed by atoms with E-state index in [1.165, 1.54) is 17.3 Å². The number of fused-ring (bicyclic) bond motifs is 1. The summed E-state index contributed by atoms with van der Waals surface area (Å²) in [7, 11) is 0. The molecule has 0 fully saturated rings. The maximum atomic E-state index is 12.3. The van der Waals surface area contributed by atoms with Crippen molar-refractivity contribution in [1.82, 2.24) is 15.0 Å². The number of rotatable bonds is 7. The zero-order chi connectivity index (χ0) is 20.8. The van der Waals surface area contributed by atoms with Crippen LogP contribution in [-0.2, 0) is 11.3 Å². The second kappa shape index (κ2) is 9.41. The van der Waals surface area contributed by atoms with Crippen molar-refractivity contribution in [3.8, 4) is 0 Å². The molecule has 4 rings (SSSR count). The molecule has 30 heavy (non-hydrogen) atoms. The average Bonchev–Trinajstić information content (AvgIpc) is 3.10. The second-order valence-corrected chi connectivity index (χ2v) is 7.89. The number of hydrogen-bond donors (Lipinski definition) is 1. The van der Waals surface area contributed by atoms with Crippen LogP contribution >= 0.6 is 11.8 Å². The smallest absolute Gasteiger partial charge is 0.250 e. The van der Waals surface area contributed by atoms with Gasteiger partial charge < -0.3 is 4.57 Å². The van der Waals surface area contributed by atoms with E-state index in [0.717, 1.165) is 27.3 Å². The van der Waals surface area contributed by atoms with E-state index in [0.29, 0.717) is 6.54 Å². The van der Waals surface area contributed by atoms with Crippen molar-refractivity contribution in [2.24, 2.45) is 5.10 Å². The Morgan fingerprint density at radius 1 is 1.07 bits per heavy atom. The molecule has 5 nitrogen and oxygen atoms in total. The molecular weight excluding hydrogens is 392 g/mol. The van der Waals surface area contributed by atoms with Crippen LogP contribution < -0.4 is 5.43 Å². The van der Waals surface area contributed by atoms with Crippen molar-refractivity contribution >= 4 is 34.9 Å². The number of aryl methyl sites for hydroxylation is 1. The van der Waals surface area contributed by atoms with Crippen molar-refractivity contribution in [3.63, 3.8) is 0 Å². The van der Waals surface area contributed by atoms with Gasteiger partial charge in [0, 0.05) is 0 Å². The first-order valence-electron chi connectivity index (χ1n) is 9.69. The monoisotopic (exact) mass is 414 g/mol. The zero-order valence-corrected chi connectivity index (χ0v) is 17.5. The third kappa shape index (κ3) is 4.96. The molecule has 1 amide bonds. The van der Waals surface area contributed by atoms with Gasteiger partial charge in [-0.3, -0.25) is 4.79 Å². The van der Waals surface area contributed by atoms with Gasteiger partial charge in [0.1, 0.15) is 0 Å². The number of carbonyl (C=O) groups is 1. The highest BCUT2D eigenvalue weighted by Gasteiger charge is 2.13. The lowest BCUT2D eigenvalue weighted by Gasteiger charge is -2.09. The molecule has 0 spiro atoms. The Morgan fingerprint density at radius 3 is 2.70 bits per heavy atom. The first kappa shape index (κ1) is 19.9. The van der Waals surface area contributed by atoms with E-state index < -0.39 is 0 Å². The number of para-hydroxylation sites is 2. The number of thioether (sulfide) groups is 1. The maximum Gasteiger partial charge on any atom is 0.250 e. The van der Waals surface area contributed by atoms with Gasteiger partial charge in [0.2, 0.25) is 0 Å². The van der Waals surface area contributed by atoms with E-state index in [1.54, 1.807) is 6.21 Å². The Morgan fingerprint density at radius 2 is 1.87 bits per heavy atom. The topological polar surface area (TPSA) is 59.3 Å². The standard InChI is InChI=1S/C24H22N4OS/c1-18-8-7-11-20(14-18)15-25-27-23(29)17-30-24-26-21-12-5-6-13-22(21)28(24)16-19-9-3-2-4-10-19/h2-15H,16-17H2,1H3,(H,27,29)/b25-15+. The number of hydrazone groups is 1. The summed E-state index contributed by atoms with van der Waals surface area (Å²) in [6.07, 6.45) is 1.65. The fraction of sp³-hybridized carbons (Fsp3) is 0.125. The molecule has 0 bridgehead atoms. The summed E-state index contributed by atoms with van der Waals surface area (Å²) >= 11 is 1.41. The van der Waals surface area contributed by atoms with E-state index in [4.69, 9.17) is 4.98 Å². The molecule has 0 aliphatic rings. The third-order valence-electron chi connectivity index (χ3n) is 4.58. The molecule has 6 heteroatoms. The van der Waals surface area contributed by atoms with Gasteiger partial charge in [-0.2, -0.15) is 5.10 Å². The van der Waals surface area contributed by atoms with Crippen LogP contribution in [0.25, 0.3) is 11.0 Å². The molecule has 150 valence electrons. The van der Waals surface area contributed by atoms with Crippen LogP contribution in [0, 0.1) is 6.92 Å². The molecule has 1 aromatic heterocycles. The van der Waals surface area contributed by atoms with Crippen molar-refractivity contribution < 1.29 is 4.79 Å². The number of imidazole rings is 1. The number of hydrogen-bond acceptors (Lipinski definition) is 4. The summed E-state index contributed by atoms with van der Waals surface area (Å²) in [6.45, 7) is 2.73. The summed E-state index contributed by atoms with van der Waals surface area (Å²) in [5.74, 6) is 0.0747. The lowest BCUT2D eigenvalue weighted by molar-refractivity contribution is -0.118. The molecule has 3 aromatic carbocycles. The molecule has 4 aromatic rings. The quantitative estimate of drug-likeness (QED) is 0.272. The van der Waals surface area contributed by atoms with Crippen LogP contribution in [0.15, 0.2) is 89.1 Å². The number of aromatic nitrogens is 2. The number of benzene rings is 3. The first-order chi connectivity index (χ1) is 14.7.